The fourth-order valence-corrected chi connectivity index (χ4v) is 11.5. The van der Waals surface area contributed by atoms with Gasteiger partial charge in [0.05, 0.1) is 0 Å². The summed E-state index contributed by atoms with van der Waals surface area (Å²) in [6, 6.07) is 14.7. The van der Waals surface area contributed by atoms with E-state index in [-0.39, 0.29) is 16.5 Å². The maximum Gasteiger partial charge on any atom is 2.00 e. The van der Waals surface area contributed by atoms with Gasteiger partial charge in [-0.1, -0.05) is 317 Å². The Labute approximate surface area is 512 Å². The van der Waals surface area contributed by atoms with Crippen molar-refractivity contribution in [2.24, 2.45) is 0 Å². The SMILES string of the molecule is CCCCCCCCCCCCCCCCCCCCCCCCCCCC1=C(c2cc(CCCCC)cc(CCCCCCCC)c2)[N+](=[N-])C(c2cc(CCCCC)cc(CCCCCCCC)c2)=C1.[CH2-]CCC.[CH2-]CCC.[Ni+2]. The van der Waals surface area contributed by atoms with Gasteiger partial charge in [-0.25, -0.2) is 4.70 Å². The largest absolute Gasteiger partial charge is 2.00 e. The van der Waals surface area contributed by atoms with Crippen LogP contribution < -0.4 is 0 Å². The molecule has 0 saturated heterocycles. The minimum absolute atomic E-state index is 0. The van der Waals surface area contributed by atoms with Crippen LogP contribution in [0.1, 0.15) is 390 Å². The molecule has 1 aliphatic heterocycles. The number of benzene rings is 2. The van der Waals surface area contributed by atoms with Gasteiger partial charge in [0.2, 0.25) is 11.4 Å². The molecule has 0 fully saturated rings. The molecule has 1 heterocycles. The predicted octanol–water partition coefficient (Wildman–Crippen LogP) is 27.2. The van der Waals surface area contributed by atoms with Gasteiger partial charge in [0, 0.05) is 22.8 Å². The molecule has 0 radical (unpaired) electrons. The molecule has 0 N–H and O–H groups in total. The normalized spacial score (nSPS) is 12.1. The first-order valence-electron chi connectivity index (χ1n) is 35.7. The van der Waals surface area contributed by atoms with Crippen molar-refractivity contribution in [2.45, 2.75) is 382 Å². The van der Waals surface area contributed by atoms with Crippen molar-refractivity contribution in [1.82, 2.24) is 0 Å². The van der Waals surface area contributed by atoms with Crippen LogP contribution >= 0.6 is 0 Å². The fourth-order valence-electron chi connectivity index (χ4n) is 11.5. The minimum atomic E-state index is 0. The van der Waals surface area contributed by atoms with Crippen LogP contribution in [-0.4, -0.2) is 4.70 Å². The summed E-state index contributed by atoms with van der Waals surface area (Å²) in [4.78, 5) is 0. The van der Waals surface area contributed by atoms with E-state index in [0.717, 1.165) is 56.3 Å². The summed E-state index contributed by atoms with van der Waals surface area (Å²) in [5.74, 6) is 0. The van der Waals surface area contributed by atoms with Crippen LogP contribution in [0.3, 0.4) is 0 Å². The number of aryl methyl sites for hydroxylation is 4. The number of unbranched alkanes of at least 4 members (excludes halogenated alkanes) is 40. The summed E-state index contributed by atoms with van der Waals surface area (Å²) in [7, 11) is 0. The van der Waals surface area contributed by atoms with Gasteiger partial charge in [0.1, 0.15) is 0 Å². The maximum atomic E-state index is 12.5. The molecule has 464 valence electrons. The van der Waals surface area contributed by atoms with Gasteiger partial charge in [-0.2, -0.15) is 12.8 Å². The Balaban J connectivity index is 0.00000647. The van der Waals surface area contributed by atoms with Gasteiger partial charge in [-0.3, -0.25) is 0 Å². The van der Waals surface area contributed by atoms with Gasteiger partial charge >= 0.3 is 16.5 Å². The van der Waals surface area contributed by atoms with Crippen molar-refractivity contribution < 1.29 is 21.2 Å². The molecule has 0 aliphatic carbocycles. The van der Waals surface area contributed by atoms with Crippen LogP contribution in [0.15, 0.2) is 48.0 Å². The second kappa shape index (κ2) is 58.8. The van der Waals surface area contributed by atoms with Crippen molar-refractivity contribution in [3.05, 3.63) is 101 Å². The third-order valence-electron chi connectivity index (χ3n) is 16.8. The maximum absolute atomic E-state index is 12.5. The van der Waals surface area contributed by atoms with E-state index in [2.05, 4.69) is 105 Å². The molecule has 2 nitrogen and oxygen atoms in total. The topological polar surface area (TPSA) is 25.3 Å². The van der Waals surface area contributed by atoms with E-state index in [0.29, 0.717) is 0 Å². The van der Waals surface area contributed by atoms with Crippen molar-refractivity contribution in [3.8, 4) is 0 Å². The summed E-state index contributed by atoms with van der Waals surface area (Å²) in [5, 5.41) is 0. The Morgan fingerprint density at radius 2 is 0.500 bits per heavy atom. The average Bonchev–Trinajstić information content (AvgIpc) is 3.80. The molecule has 80 heavy (non-hydrogen) atoms. The monoisotopic (exact) mass is 1150 g/mol. The molecule has 3 rings (SSSR count). The second-order valence-electron chi connectivity index (χ2n) is 24.7. The van der Waals surface area contributed by atoms with Crippen LogP contribution in [0, 0.1) is 13.8 Å². The average molecular weight is 1150 g/mol. The Bertz CT molecular complexity index is 1730. The zero-order chi connectivity index (χ0) is 57.5. The smallest absolute Gasteiger partial charge is 0.493 e. The third kappa shape index (κ3) is 41.9. The standard InChI is InChI=1S/C69H118N2.2C4H9.Ni/c1-6-11-16-19-22-23-24-25-26-27-28-29-30-31-32-33-34-35-36-37-38-39-40-43-48-53-65-60-68(66-56-61(49-44-14-9-4)54-62(57-66)51-46-41-20-17-12-7-2)71(70)69(65)67-58-63(50-45-15-10-5)55-64(59-67)52-47-42-21-18-13-8-3;2*1-3-4-2;/h54-60H,6-53H2,1-5H3;2*1,3-4H2,2H3;/q;2*-1;+2. The molecular formula is C77H136N2Ni. The first kappa shape index (κ1) is 78.0. The van der Waals surface area contributed by atoms with Crippen LogP contribution in [0.5, 0.6) is 0 Å². The van der Waals surface area contributed by atoms with E-state index in [1.165, 1.54) is 328 Å². The molecule has 2 aromatic rings. The number of rotatable bonds is 52. The second-order valence-corrected chi connectivity index (χ2v) is 24.7. The molecule has 1 aliphatic rings. The van der Waals surface area contributed by atoms with Crippen LogP contribution in [-0.2, 0) is 42.2 Å². The molecule has 0 bridgehead atoms. The van der Waals surface area contributed by atoms with Gasteiger partial charge in [-0.05, 0) is 111 Å². The van der Waals surface area contributed by atoms with Gasteiger partial charge < -0.3 is 19.4 Å². The molecule has 0 spiro atoms. The van der Waals surface area contributed by atoms with Crippen LogP contribution in [0.4, 0.5) is 0 Å². The van der Waals surface area contributed by atoms with E-state index < -0.39 is 0 Å². The summed E-state index contributed by atoms with van der Waals surface area (Å²) in [6.07, 6.45) is 71.5. The van der Waals surface area contributed by atoms with Crippen LogP contribution in [0.25, 0.3) is 16.9 Å². The summed E-state index contributed by atoms with van der Waals surface area (Å²) < 4.78 is 1.63. The first-order valence-corrected chi connectivity index (χ1v) is 35.7. The van der Waals surface area contributed by atoms with E-state index in [9.17, 15) is 5.53 Å². The molecule has 0 saturated carbocycles. The first-order chi connectivity index (χ1) is 38.9. The summed E-state index contributed by atoms with van der Waals surface area (Å²) in [6.45, 7) is 23.0. The summed E-state index contributed by atoms with van der Waals surface area (Å²) >= 11 is 0. The third-order valence-corrected chi connectivity index (χ3v) is 16.8. The molecule has 0 amide bonds. The van der Waals surface area contributed by atoms with Crippen molar-refractivity contribution in [1.29, 1.82) is 0 Å². The van der Waals surface area contributed by atoms with Crippen molar-refractivity contribution in [2.75, 3.05) is 0 Å². The Morgan fingerprint density at radius 3 is 0.762 bits per heavy atom. The van der Waals surface area contributed by atoms with E-state index in [1.54, 1.807) is 4.70 Å². The van der Waals surface area contributed by atoms with E-state index in [4.69, 9.17) is 0 Å². The van der Waals surface area contributed by atoms with Gasteiger partial charge in [0.25, 0.3) is 0 Å². The number of hydrogen-bond donors (Lipinski definition) is 0. The van der Waals surface area contributed by atoms with E-state index in [1.807, 2.05) is 0 Å². The van der Waals surface area contributed by atoms with E-state index >= 15 is 0 Å². The van der Waals surface area contributed by atoms with Crippen LogP contribution in [0.2, 0.25) is 0 Å². The predicted molar refractivity (Wildman–Crippen MR) is 358 cm³/mol. The number of nitrogens with zero attached hydrogens (tertiary/aromatic N) is 2. The fraction of sp³-hybridized carbons (Fsp3) is 0.766. The molecule has 0 unspecified atom stereocenters. The molecular weight excluding hydrogens is 1010 g/mol. The zero-order valence-electron chi connectivity index (χ0n) is 54.9. The zero-order valence-corrected chi connectivity index (χ0v) is 55.9. The Kier molecular flexibility index (Phi) is 57.3. The number of allylic oxidation sites excluding steroid dienone is 2. The number of hydrogen-bond acceptors (Lipinski definition) is 0. The molecule has 3 heteroatoms. The van der Waals surface area contributed by atoms with Gasteiger partial charge in [0.15, 0.2) is 0 Å². The van der Waals surface area contributed by atoms with Crippen molar-refractivity contribution >= 4 is 11.4 Å². The Morgan fingerprint density at radius 1 is 0.287 bits per heavy atom. The molecule has 0 atom stereocenters. The molecule has 0 aromatic heterocycles. The van der Waals surface area contributed by atoms with Crippen molar-refractivity contribution in [3.63, 3.8) is 0 Å². The molecule has 2 aromatic carbocycles. The Hall–Kier alpha value is -1.99. The minimum Gasteiger partial charge on any atom is -0.493 e. The van der Waals surface area contributed by atoms with Gasteiger partial charge in [-0.15, -0.1) is 0 Å². The summed E-state index contributed by atoms with van der Waals surface area (Å²) in [5.41, 5.74) is 24.1. The quantitative estimate of drug-likeness (QED) is 0.0273.